The Morgan fingerprint density at radius 1 is 1.09 bits per heavy atom. The summed E-state index contributed by atoms with van der Waals surface area (Å²) in [6.45, 7) is 4.50. The molecule has 0 spiro atoms. The fourth-order valence-electron chi connectivity index (χ4n) is 3.81. The molecule has 2 aromatic heterocycles. The number of para-hydroxylation sites is 1. The number of pyridine rings is 1. The van der Waals surface area contributed by atoms with Crippen molar-refractivity contribution in [3.05, 3.63) is 93.7 Å². The minimum Gasteiger partial charge on any atom is -0.370 e. The van der Waals surface area contributed by atoms with Gasteiger partial charge in [-0.05, 0) is 49.7 Å². The molecular weight excluding hydrogens is 425 g/mol. The minimum absolute atomic E-state index is 0.164. The second-order valence-corrected chi connectivity index (χ2v) is 9.42. The molecule has 0 amide bonds. The van der Waals surface area contributed by atoms with E-state index in [4.69, 9.17) is 14.7 Å². The predicted molar refractivity (Wildman–Crippen MR) is 124 cm³/mol. The van der Waals surface area contributed by atoms with E-state index in [-0.39, 0.29) is 17.0 Å². The van der Waals surface area contributed by atoms with E-state index in [9.17, 15) is 9.18 Å². The van der Waals surface area contributed by atoms with Crippen LogP contribution in [0.4, 0.5) is 4.39 Å². The smallest absolute Gasteiger partial charge is 0.268 e. The Labute approximate surface area is 189 Å². The molecule has 5 nitrogen and oxygen atoms in total. The topological polar surface area (TPSA) is 57.0 Å². The van der Waals surface area contributed by atoms with Crippen molar-refractivity contribution in [1.82, 2.24) is 14.5 Å². The quantitative estimate of drug-likeness (QED) is 0.323. The lowest BCUT2D eigenvalue weighted by Crippen LogP contribution is -2.33. The van der Waals surface area contributed by atoms with Crippen LogP contribution in [0.25, 0.3) is 16.7 Å². The lowest BCUT2D eigenvalue weighted by atomic mass is 9.95. The van der Waals surface area contributed by atoms with E-state index in [1.165, 1.54) is 23.9 Å². The van der Waals surface area contributed by atoms with E-state index in [0.29, 0.717) is 35.0 Å². The Balaban J connectivity index is 1.64. The number of ether oxygens (including phenoxy) is 1. The van der Waals surface area contributed by atoms with Gasteiger partial charge in [0, 0.05) is 17.7 Å². The van der Waals surface area contributed by atoms with Crippen LogP contribution in [-0.2, 0) is 23.5 Å². The Bertz CT molecular complexity index is 1350. The fourth-order valence-corrected chi connectivity index (χ4v) is 4.76. The van der Waals surface area contributed by atoms with Crippen LogP contribution >= 0.6 is 11.8 Å². The lowest BCUT2D eigenvalue weighted by Gasteiger charge is -2.31. The van der Waals surface area contributed by atoms with Crippen molar-refractivity contribution < 1.29 is 9.13 Å². The van der Waals surface area contributed by atoms with Crippen molar-refractivity contribution in [3.8, 4) is 5.69 Å². The van der Waals surface area contributed by atoms with Gasteiger partial charge in [-0.2, -0.15) is 0 Å². The summed E-state index contributed by atoms with van der Waals surface area (Å²) in [5, 5.41) is 1.03. The Hall–Kier alpha value is -3.03. The van der Waals surface area contributed by atoms with Gasteiger partial charge in [0.05, 0.1) is 29.0 Å². The van der Waals surface area contributed by atoms with Crippen molar-refractivity contribution in [1.29, 1.82) is 0 Å². The van der Waals surface area contributed by atoms with E-state index in [0.717, 1.165) is 22.5 Å². The maximum atomic E-state index is 13.6. The molecular formula is C25H22FN3O2S. The number of thioether (sulfide) groups is 1. The van der Waals surface area contributed by atoms with Crippen LogP contribution < -0.4 is 5.56 Å². The molecule has 3 heterocycles. The molecule has 0 radical (unpaired) electrons. The van der Waals surface area contributed by atoms with Gasteiger partial charge in [0.25, 0.3) is 5.56 Å². The third kappa shape index (κ3) is 4.06. The number of hydrogen-bond acceptors (Lipinski definition) is 5. The highest BCUT2D eigenvalue weighted by Crippen LogP contribution is 2.29. The second kappa shape index (κ2) is 8.15. The summed E-state index contributed by atoms with van der Waals surface area (Å²) in [5.74, 6) is 0.279. The molecule has 0 aliphatic carbocycles. The molecule has 0 bridgehead atoms. The Morgan fingerprint density at radius 2 is 1.84 bits per heavy atom. The molecule has 162 valence electrons. The van der Waals surface area contributed by atoms with Gasteiger partial charge >= 0.3 is 0 Å². The van der Waals surface area contributed by atoms with Gasteiger partial charge in [0.15, 0.2) is 10.8 Å². The van der Waals surface area contributed by atoms with Crippen LogP contribution in [0, 0.1) is 5.82 Å². The highest BCUT2D eigenvalue weighted by Gasteiger charge is 2.28. The van der Waals surface area contributed by atoms with Crippen LogP contribution in [0.1, 0.15) is 30.7 Å². The maximum absolute atomic E-state index is 13.6. The molecule has 1 aliphatic rings. The number of hydrogen-bond donors (Lipinski definition) is 0. The highest BCUT2D eigenvalue weighted by molar-refractivity contribution is 7.98. The second-order valence-electron chi connectivity index (χ2n) is 8.48. The molecule has 2 aromatic carbocycles. The van der Waals surface area contributed by atoms with Gasteiger partial charge in [-0.3, -0.25) is 9.36 Å². The zero-order valence-electron chi connectivity index (χ0n) is 17.8. The Morgan fingerprint density at radius 3 is 2.59 bits per heavy atom. The van der Waals surface area contributed by atoms with Crippen LogP contribution in [0.3, 0.4) is 0 Å². The van der Waals surface area contributed by atoms with Gasteiger partial charge in [-0.1, -0.05) is 42.1 Å². The number of halogens is 1. The average Bonchev–Trinajstić information content (AvgIpc) is 2.78. The number of benzene rings is 2. The number of aromatic nitrogens is 3. The number of rotatable bonds is 4. The molecule has 1 aliphatic heterocycles. The van der Waals surface area contributed by atoms with Gasteiger partial charge in [0.1, 0.15) is 5.82 Å². The monoisotopic (exact) mass is 447 g/mol. The van der Waals surface area contributed by atoms with E-state index in [1.807, 2.05) is 50.2 Å². The summed E-state index contributed by atoms with van der Waals surface area (Å²) in [5.41, 5.74) is 3.52. The predicted octanol–water partition coefficient (Wildman–Crippen LogP) is 5.06. The van der Waals surface area contributed by atoms with Gasteiger partial charge < -0.3 is 4.74 Å². The van der Waals surface area contributed by atoms with E-state index >= 15 is 0 Å². The van der Waals surface area contributed by atoms with Crippen molar-refractivity contribution >= 4 is 22.8 Å². The lowest BCUT2D eigenvalue weighted by molar-refractivity contribution is -0.0411. The number of nitrogens with zero attached hydrogens (tertiary/aromatic N) is 3. The fraction of sp³-hybridized carbons (Fsp3) is 0.240. The van der Waals surface area contributed by atoms with Crippen LogP contribution in [0.15, 0.2) is 70.6 Å². The first-order valence-corrected chi connectivity index (χ1v) is 11.4. The molecule has 0 N–H and O–H groups in total. The first kappa shape index (κ1) is 20.8. The third-order valence-electron chi connectivity index (χ3n) is 5.50. The van der Waals surface area contributed by atoms with E-state index in [2.05, 4.69) is 0 Å². The van der Waals surface area contributed by atoms with Gasteiger partial charge in [-0.25, -0.2) is 14.4 Å². The first-order chi connectivity index (χ1) is 15.4. The van der Waals surface area contributed by atoms with Crippen LogP contribution in [0.2, 0.25) is 0 Å². The van der Waals surface area contributed by atoms with E-state index < -0.39 is 0 Å². The third-order valence-corrected chi connectivity index (χ3v) is 6.51. The van der Waals surface area contributed by atoms with Crippen molar-refractivity contribution in [3.63, 3.8) is 0 Å². The zero-order valence-corrected chi connectivity index (χ0v) is 18.7. The molecule has 0 atom stereocenters. The number of fused-ring (bicyclic) bond motifs is 2. The normalized spacial score (nSPS) is 15.0. The largest absolute Gasteiger partial charge is 0.370 e. The van der Waals surface area contributed by atoms with Gasteiger partial charge in [-0.15, -0.1) is 0 Å². The molecule has 32 heavy (non-hydrogen) atoms. The zero-order chi connectivity index (χ0) is 22.3. The van der Waals surface area contributed by atoms with Crippen molar-refractivity contribution in [2.45, 2.75) is 43.4 Å². The molecule has 4 aromatic rings. The minimum atomic E-state index is -0.299. The summed E-state index contributed by atoms with van der Waals surface area (Å²) in [6, 6.07) is 17.7. The summed E-state index contributed by atoms with van der Waals surface area (Å²) < 4.78 is 20.8. The summed E-state index contributed by atoms with van der Waals surface area (Å²) in [7, 11) is 0. The van der Waals surface area contributed by atoms with Crippen molar-refractivity contribution in [2.75, 3.05) is 0 Å². The summed E-state index contributed by atoms with van der Waals surface area (Å²) >= 11 is 1.43. The average molecular weight is 448 g/mol. The molecule has 7 heteroatoms. The Kier molecular flexibility index (Phi) is 5.31. The maximum Gasteiger partial charge on any atom is 0.268 e. The van der Waals surface area contributed by atoms with Crippen molar-refractivity contribution in [2.24, 2.45) is 0 Å². The summed E-state index contributed by atoms with van der Waals surface area (Å²) in [4.78, 5) is 23.2. The highest BCUT2D eigenvalue weighted by atomic mass is 32.2. The van der Waals surface area contributed by atoms with E-state index in [1.54, 1.807) is 16.7 Å². The first-order valence-electron chi connectivity index (χ1n) is 10.4. The van der Waals surface area contributed by atoms with Crippen LogP contribution in [-0.4, -0.2) is 20.1 Å². The molecule has 0 saturated heterocycles. The van der Waals surface area contributed by atoms with Crippen LogP contribution in [0.5, 0.6) is 0 Å². The molecule has 0 unspecified atom stereocenters. The molecule has 0 saturated carbocycles. The summed E-state index contributed by atoms with van der Waals surface area (Å²) in [6.07, 6.45) is 0.666. The standard InChI is InChI=1S/C25H22FN3O2S/c1-25(2)13-21-17(14-31-25)12-20-22(27-21)28-24(32-15-16-8-10-18(26)11-9-16)29(23(20)30)19-6-4-3-5-7-19/h3-12H,13-15H2,1-2H3. The SMILES string of the molecule is CC1(C)Cc2nc3nc(SCc4ccc(F)cc4)n(-c4ccccc4)c(=O)c3cc2CO1. The molecule has 5 rings (SSSR count). The van der Waals surface area contributed by atoms with Gasteiger partial charge in [0.2, 0.25) is 0 Å². The molecule has 0 fully saturated rings.